The summed E-state index contributed by atoms with van der Waals surface area (Å²) in [6.07, 6.45) is 0.813. The van der Waals surface area contributed by atoms with Crippen molar-refractivity contribution in [1.82, 2.24) is 0 Å². The van der Waals surface area contributed by atoms with E-state index >= 15 is 0 Å². The summed E-state index contributed by atoms with van der Waals surface area (Å²) < 4.78 is 12.1. The van der Waals surface area contributed by atoms with Crippen LogP contribution in [0.5, 0.6) is 11.5 Å². The highest BCUT2D eigenvalue weighted by Crippen LogP contribution is 2.26. The Morgan fingerprint density at radius 3 is 2.65 bits per heavy atom. The number of rotatable bonds is 5. The molecule has 2 aromatic carbocycles. The third-order valence-corrected chi connectivity index (χ3v) is 3.47. The predicted octanol–water partition coefficient (Wildman–Crippen LogP) is 4.16. The molecule has 0 heterocycles. The van der Waals surface area contributed by atoms with E-state index in [4.69, 9.17) is 9.47 Å². The Morgan fingerprint density at radius 2 is 1.95 bits per heavy atom. The van der Waals surface area contributed by atoms with Crippen LogP contribution >= 0.6 is 15.9 Å². The minimum Gasteiger partial charge on any atom is -0.496 e. The molecule has 0 aliphatic rings. The molecular weight excluding hydrogens is 320 g/mol. The molecule has 3 nitrogen and oxygen atoms in total. The summed E-state index contributed by atoms with van der Waals surface area (Å²) in [7, 11) is 1.60. The monoisotopic (exact) mass is 334 g/mol. The average molecular weight is 335 g/mol. The zero-order valence-electron chi connectivity index (χ0n) is 11.4. The van der Waals surface area contributed by atoms with Crippen molar-refractivity contribution >= 4 is 22.2 Å². The molecule has 0 N–H and O–H groups in total. The Bertz CT molecular complexity index is 623. The Balaban J connectivity index is 2.21. The van der Waals surface area contributed by atoms with Gasteiger partial charge in [-0.25, -0.2) is 0 Å². The van der Waals surface area contributed by atoms with Gasteiger partial charge in [-0.3, -0.25) is 4.79 Å². The quantitative estimate of drug-likeness (QED) is 0.770. The van der Waals surface area contributed by atoms with E-state index in [2.05, 4.69) is 15.9 Å². The molecule has 0 radical (unpaired) electrons. The molecule has 2 rings (SSSR count). The second-order valence-electron chi connectivity index (χ2n) is 4.39. The summed E-state index contributed by atoms with van der Waals surface area (Å²) in [6, 6.07) is 11.1. The molecule has 0 saturated heterocycles. The molecule has 0 atom stereocenters. The van der Waals surface area contributed by atoms with Crippen molar-refractivity contribution in [3.8, 4) is 11.5 Å². The molecule has 0 fully saturated rings. The number of carbonyl (C=O) groups is 1. The number of aryl methyl sites for hydroxylation is 1. The van der Waals surface area contributed by atoms with Crippen LogP contribution < -0.4 is 9.47 Å². The van der Waals surface area contributed by atoms with Gasteiger partial charge in [0.2, 0.25) is 0 Å². The highest BCUT2D eigenvalue weighted by atomic mass is 79.9. The molecule has 0 aliphatic heterocycles. The molecule has 0 saturated carbocycles. The number of carbonyl (C=O) groups excluding carboxylic acids is 1. The fourth-order valence-electron chi connectivity index (χ4n) is 1.87. The van der Waals surface area contributed by atoms with Crippen LogP contribution in [-0.4, -0.2) is 13.4 Å². The van der Waals surface area contributed by atoms with Crippen molar-refractivity contribution in [2.24, 2.45) is 0 Å². The summed E-state index contributed by atoms with van der Waals surface area (Å²) >= 11 is 3.42. The number of aldehydes is 1. The predicted molar refractivity (Wildman–Crippen MR) is 81.6 cm³/mol. The SMILES string of the molecule is COc1ccc(C=O)cc1COc1cc(Br)ccc1C. The summed E-state index contributed by atoms with van der Waals surface area (Å²) in [5.74, 6) is 1.51. The lowest BCUT2D eigenvalue weighted by atomic mass is 10.1. The Kier molecular flexibility index (Phi) is 4.79. The van der Waals surface area contributed by atoms with Crippen molar-refractivity contribution in [3.63, 3.8) is 0 Å². The Morgan fingerprint density at radius 1 is 1.15 bits per heavy atom. The van der Waals surface area contributed by atoms with Crippen molar-refractivity contribution in [2.75, 3.05) is 7.11 Å². The summed E-state index contributed by atoms with van der Waals surface area (Å²) in [4.78, 5) is 10.8. The molecule has 0 unspecified atom stereocenters. The van der Waals surface area contributed by atoms with Gasteiger partial charge in [-0.2, -0.15) is 0 Å². The lowest BCUT2D eigenvalue weighted by molar-refractivity contribution is 0.112. The Hall–Kier alpha value is -1.81. The standard InChI is InChI=1S/C16H15BrO3/c1-11-3-5-14(17)8-16(11)20-10-13-7-12(9-18)4-6-15(13)19-2/h3-9H,10H2,1-2H3. The molecule has 104 valence electrons. The highest BCUT2D eigenvalue weighted by molar-refractivity contribution is 9.10. The average Bonchev–Trinajstić information content (AvgIpc) is 2.47. The molecule has 0 aliphatic carbocycles. The van der Waals surface area contributed by atoms with E-state index in [1.54, 1.807) is 25.3 Å². The van der Waals surface area contributed by atoms with Crippen LogP contribution in [0, 0.1) is 6.92 Å². The normalized spacial score (nSPS) is 10.2. The van der Waals surface area contributed by atoms with Crippen LogP contribution in [0.4, 0.5) is 0 Å². The van der Waals surface area contributed by atoms with Gasteiger partial charge < -0.3 is 9.47 Å². The molecule has 0 aromatic heterocycles. The third-order valence-electron chi connectivity index (χ3n) is 2.97. The van der Waals surface area contributed by atoms with Crippen LogP contribution in [0.2, 0.25) is 0 Å². The van der Waals surface area contributed by atoms with Crippen LogP contribution in [0.25, 0.3) is 0 Å². The van der Waals surface area contributed by atoms with Gasteiger partial charge in [0.05, 0.1) is 7.11 Å². The smallest absolute Gasteiger partial charge is 0.150 e. The first-order chi connectivity index (χ1) is 9.63. The van der Waals surface area contributed by atoms with Crippen molar-refractivity contribution < 1.29 is 14.3 Å². The molecular formula is C16H15BrO3. The Labute approximate surface area is 126 Å². The highest BCUT2D eigenvalue weighted by Gasteiger charge is 2.07. The van der Waals surface area contributed by atoms with Gasteiger partial charge >= 0.3 is 0 Å². The summed E-state index contributed by atoms with van der Waals surface area (Å²) in [6.45, 7) is 2.34. The van der Waals surface area contributed by atoms with Gasteiger partial charge in [-0.1, -0.05) is 22.0 Å². The number of hydrogen-bond acceptors (Lipinski definition) is 3. The maximum absolute atomic E-state index is 10.8. The number of methoxy groups -OCH3 is 1. The minimum atomic E-state index is 0.349. The van der Waals surface area contributed by atoms with Gasteiger partial charge in [0.1, 0.15) is 24.4 Å². The van der Waals surface area contributed by atoms with E-state index in [1.165, 1.54) is 0 Å². The first kappa shape index (κ1) is 14.6. The minimum absolute atomic E-state index is 0.349. The second-order valence-corrected chi connectivity index (χ2v) is 5.30. The third kappa shape index (κ3) is 3.39. The lowest BCUT2D eigenvalue weighted by Gasteiger charge is -2.12. The zero-order chi connectivity index (χ0) is 14.5. The fourth-order valence-corrected chi connectivity index (χ4v) is 2.21. The van der Waals surface area contributed by atoms with E-state index in [-0.39, 0.29) is 0 Å². The van der Waals surface area contributed by atoms with E-state index in [9.17, 15) is 4.79 Å². The lowest BCUT2D eigenvalue weighted by Crippen LogP contribution is -2.01. The molecule has 0 bridgehead atoms. The van der Waals surface area contributed by atoms with Crippen LogP contribution in [0.15, 0.2) is 40.9 Å². The number of halogens is 1. The maximum Gasteiger partial charge on any atom is 0.150 e. The number of hydrogen-bond donors (Lipinski definition) is 0. The molecule has 0 amide bonds. The van der Waals surface area contributed by atoms with Crippen molar-refractivity contribution in [1.29, 1.82) is 0 Å². The molecule has 20 heavy (non-hydrogen) atoms. The van der Waals surface area contributed by atoms with Gasteiger partial charge in [0.25, 0.3) is 0 Å². The molecule has 0 spiro atoms. The summed E-state index contributed by atoms with van der Waals surface area (Å²) in [5.41, 5.74) is 2.51. The zero-order valence-corrected chi connectivity index (χ0v) is 12.9. The topological polar surface area (TPSA) is 35.5 Å². The largest absolute Gasteiger partial charge is 0.496 e. The van der Waals surface area contributed by atoms with E-state index < -0.39 is 0 Å². The van der Waals surface area contributed by atoms with E-state index in [0.717, 1.165) is 27.6 Å². The van der Waals surface area contributed by atoms with Gasteiger partial charge in [-0.15, -0.1) is 0 Å². The molecule has 2 aromatic rings. The van der Waals surface area contributed by atoms with E-state index in [0.29, 0.717) is 17.9 Å². The number of ether oxygens (including phenoxy) is 2. The van der Waals surface area contributed by atoms with Crippen molar-refractivity contribution in [3.05, 3.63) is 57.6 Å². The van der Waals surface area contributed by atoms with Gasteiger partial charge in [0, 0.05) is 15.6 Å². The van der Waals surface area contributed by atoms with Crippen molar-refractivity contribution in [2.45, 2.75) is 13.5 Å². The second kappa shape index (κ2) is 6.57. The fraction of sp³-hybridized carbons (Fsp3) is 0.188. The number of benzene rings is 2. The van der Waals surface area contributed by atoms with Crippen LogP contribution in [0.1, 0.15) is 21.5 Å². The maximum atomic E-state index is 10.8. The first-order valence-corrected chi connectivity index (χ1v) is 6.94. The van der Waals surface area contributed by atoms with Gasteiger partial charge in [0.15, 0.2) is 0 Å². The first-order valence-electron chi connectivity index (χ1n) is 6.15. The molecule has 4 heteroatoms. The van der Waals surface area contributed by atoms with Gasteiger partial charge in [-0.05, 0) is 42.8 Å². The van der Waals surface area contributed by atoms with Crippen LogP contribution in [-0.2, 0) is 6.61 Å². The van der Waals surface area contributed by atoms with E-state index in [1.807, 2.05) is 25.1 Å². The van der Waals surface area contributed by atoms with Crippen LogP contribution in [0.3, 0.4) is 0 Å². The summed E-state index contributed by atoms with van der Waals surface area (Å²) in [5, 5.41) is 0.